The van der Waals surface area contributed by atoms with Crippen LogP contribution in [0.25, 0.3) is 0 Å². The lowest BCUT2D eigenvalue weighted by molar-refractivity contribution is -0.139. The smallest absolute Gasteiger partial charge is 0.242 e. The highest BCUT2D eigenvalue weighted by Crippen LogP contribution is 2.26. The van der Waals surface area contributed by atoms with Gasteiger partial charge in [-0.2, -0.15) is 11.8 Å². The van der Waals surface area contributed by atoms with Crippen molar-refractivity contribution in [1.29, 1.82) is 0 Å². The number of imide groups is 1. The summed E-state index contributed by atoms with van der Waals surface area (Å²) in [4.78, 5) is 74.5. The van der Waals surface area contributed by atoms with E-state index in [9.17, 15) is 28.8 Å². The van der Waals surface area contributed by atoms with Gasteiger partial charge in [0.25, 0.3) is 0 Å². The average molecular weight is 534 g/mol. The summed E-state index contributed by atoms with van der Waals surface area (Å²) < 4.78 is 0. The maximum Gasteiger partial charge on any atom is 0.242 e. The van der Waals surface area contributed by atoms with Crippen LogP contribution in [-0.2, 0) is 28.8 Å². The van der Waals surface area contributed by atoms with Crippen molar-refractivity contribution in [3.8, 4) is 0 Å². The number of nitrogens with zero attached hydrogens (tertiary/aromatic N) is 1. The number of likely N-dealkylation sites (tertiary alicyclic amines) is 1. The van der Waals surface area contributed by atoms with E-state index in [4.69, 9.17) is 10.2 Å². The summed E-state index contributed by atoms with van der Waals surface area (Å²) in [6, 6.07) is -0.826. The van der Waals surface area contributed by atoms with Crippen LogP contribution in [0.2, 0.25) is 0 Å². The number of carbonyl (C=O) groups is 6. The van der Waals surface area contributed by atoms with Crippen molar-refractivity contribution in [1.82, 2.24) is 15.5 Å². The number of carbonyl (C=O) groups excluding carboxylic acids is 6. The number of ketones is 2. The Morgan fingerprint density at radius 2 is 1.83 bits per heavy atom. The monoisotopic (exact) mass is 533 g/mol. The summed E-state index contributed by atoms with van der Waals surface area (Å²) in [5.41, 5.74) is 0. The van der Waals surface area contributed by atoms with Gasteiger partial charge in [-0.1, -0.05) is 0 Å². The van der Waals surface area contributed by atoms with E-state index in [2.05, 4.69) is 10.6 Å². The predicted octanol–water partition coefficient (Wildman–Crippen LogP) is -0.870. The Morgan fingerprint density at radius 1 is 1.11 bits per heavy atom. The number of aliphatic hydroxyl groups excluding tert-OH is 2. The second-order valence-corrected chi connectivity index (χ2v) is 10.3. The Labute approximate surface area is 213 Å². The average Bonchev–Trinajstić information content (AvgIpc) is 3.08. The third-order valence-electron chi connectivity index (χ3n) is 5.25. The molecule has 1 aliphatic heterocycles. The molecule has 35 heavy (non-hydrogen) atoms. The van der Waals surface area contributed by atoms with Gasteiger partial charge in [0.2, 0.25) is 23.6 Å². The number of rotatable bonds is 18. The predicted molar refractivity (Wildman–Crippen MR) is 133 cm³/mol. The molecule has 1 heterocycles. The fourth-order valence-electron chi connectivity index (χ4n) is 3.48. The molecule has 0 aromatic carbocycles. The van der Waals surface area contributed by atoms with Crippen molar-refractivity contribution < 1.29 is 39.0 Å². The minimum Gasteiger partial charge on any atom is -0.396 e. The highest BCUT2D eigenvalue weighted by Gasteiger charge is 2.39. The minimum absolute atomic E-state index is 0.0269. The van der Waals surface area contributed by atoms with Crippen LogP contribution in [0.3, 0.4) is 0 Å². The van der Waals surface area contributed by atoms with Crippen molar-refractivity contribution >= 4 is 58.7 Å². The number of Topliss-reactive ketones (excluding diaryl/α,β-unsaturated/α-hetero) is 2. The first-order valence-electron chi connectivity index (χ1n) is 11.4. The van der Waals surface area contributed by atoms with Crippen molar-refractivity contribution in [3.05, 3.63) is 0 Å². The molecule has 1 rings (SSSR count). The maximum absolute atomic E-state index is 12.7. The third kappa shape index (κ3) is 11.1. The number of nitrogens with one attached hydrogen (secondary N) is 2. The van der Waals surface area contributed by atoms with E-state index >= 15 is 0 Å². The van der Waals surface area contributed by atoms with E-state index in [1.807, 2.05) is 6.26 Å². The van der Waals surface area contributed by atoms with Gasteiger partial charge in [0.05, 0.1) is 23.8 Å². The molecule has 0 radical (unpaired) electrons. The van der Waals surface area contributed by atoms with Crippen molar-refractivity contribution in [3.63, 3.8) is 0 Å². The molecule has 0 aromatic heterocycles. The van der Waals surface area contributed by atoms with Gasteiger partial charge in [0.1, 0.15) is 5.78 Å². The number of thioether (sulfide) groups is 2. The molecular formula is C22H35N3O8S2. The maximum atomic E-state index is 12.7. The van der Waals surface area contributed by atoms with E-state index in [-0.39, 0.29) is 81.6 Å². The quantitative estimate of drug-likeness (QED) is 0.162. The Morgan fingerprint density at radius 3 is 2.43 bits per heavy atom. The first-order chi connectivity index (χ1) is 16.6. The van der Waals surface area contributed by atoms with Crippen LogP contribution < -0.4 is 10.6 Å². The summed E-state index contributed by atoms with van der Waals surface area (Å²) in [7, 11) is 0. The molecule has 4 N–H and O–H groups in total. The van der Waals surface area contributed by atoms with Crippen LogP contribution in [0.4, 0.5) is 0 Å². The normalized spacial score (nSPS) is 17.3. The Kier molecular flexibility index (Phi) is 14.8. The zero-order valence-electron chi connectivity index (χ0n) is 20.1. The highest BCUT2D eigenvalue weighted by molar-refractivity contribution is 8.00. The first kappa shape index (κ1) is 31.1. The third-order valence-corrected chi connectivity index (χ3v) is 7.28. The van der Waals surface area contributed by atoms with E-state index in [1.165, 1.54) is 18.7 Å². The van der Waals surface area contributed by atoms with Gasteiger partial charge in [-0.3, -0.25) is 33.7 Å². The minimum atomic E-state index is -0.826. The zero-order chi connectivity index (χ0) is 26.4. The molecule has 1 fully saturated rings. The fourth-order valence-corrected chi connectivity index (χ4v) is 5.38. The van der Waals surface area contributed by atoms with Crippen LogP contribution >= 0.6 is 23.5 Å². The number of hydrogen-bond acceptors (Lipinski definition) is 10. The Hall–Kier alpha value is -1.96. The number of aliphatic hydroxyl groups is 2. The van der Waals surface area contributed by atoms with Gasteiger partial charge in [-0.15, -0.1) is 11.8 Å². The van der Waals surface area contributed by atoms with Gasteiger partial charge >= 0.3 is 0 Å². The van der Waals surface area contributed by atoms with Gasteiger partial charge in [0, 0.05) is 63.8 Å². The number of hydrogen-bond donors (Lipinski definition) is 4. The summed E-state index contributed by atoms with van der Waals surface area (Å²) in [6.45, 7) is 0.943. The standard InChI is InChI=1S/C22H35N3O8S2/c1-14(28)24-17(18(30)4-3-8-26)13-35-19-11-20(31)25(22(19)33)7-5-16(29)10-15(12-34-2)21(32)23-6-9-27/h15,17,19,26-27H,3-13H2,1-2H3,(H,23,32)(H,24,28). The summed E-state index contributed by atoms with van der Waals surface area (Å²) in [6.07, 6.45) is 2.01. The van der Waals surface area contributed by atoms with Gasteiger partial charge in [-0.05, 0) is 12.7 Å². The fraction of sp³-hybridized carbons (Fsp3) is 0.727. The molecule has 4 amide bonds. The van der Waals surface area contributed by atoms with Gasteiger partial charge < -0.3 is 20.8 Å². The molecule has 198 valence electrons. The zero-order valence-corrected chi connectivity index (χ0v) is 21.8. The topological polar surface area (TPSA) is 170 Å². The van der Waals surface area contributed by atoms with Crippen molar-refractivity contribution in [2.75, 3.05) is 44.1 Å². The Balaban J connectivity index is 2.62. The van der Waals surface area contributed by atoms with E-state index in [1.54, 1.807) is 0 Å². The largest absolute Gasteiger partial charge is 0.396 e. The molecule has 1 saturated heterocycles. The molecule has 0 aromatic rings. The van der Waals surface area contributed by atoms with Gasteiger partial charge in [0.15, 0.2) is 5.78 Å². The summed E-state index contributed by atoms with van der Waals surface area (Å²) in [5, 5.41) is 22.2. The van der Waals surface area contributed by atoms with Gasteiger partial charge in [-0.25, -0.2) is 0 Å². The van der Waals surface area contributed by atoms with Crippen LogP contribution in [0.15, 0.2) is 0 Å². The molecule has 0 saturated carbocycles. The highest BCUT2D eigenvalue weighted by atomic mass is 32.2. The summed E-state index contributed by atoms with van der Waals surface area (Å²) >= 11 is 2.52. The van der Waals surface area contributed by atoms with Crippen LogP contribution in [0.5, 0.6) is 0 Å². The Bertz CT molecular complexity index is 780. The lowest BCUT2D eigenvalue weighted by Crippen LogP contribution is -2.42. The molecule has 1 aliphatic rings. The SMILES string of the molecule is CSCC(CC(=O)CCN1C(=O)CC(SCC(NC(C)=O)C(=O)CCCO)C1=O)C(=O)NCCO. The summed E-state index contributed by atoms with van der Waals surface area (Å²) in [5.74, 6) is -2.12. The van der Waals surface area contributed by atoms with Crippen molar-refractivity contribution in [2.45, 2.75) is 50.3 Å². The molecule has 13 heteroatoms. The van der Waals surface area contributed by atoms with E-state index in [0.717, 1.165) is 16.7 Å². The molecule has 3 unspecified atom stereocenters. The van der Waals surface area contributed by atoms with Crippen LogP contribution in [0.1, 0.15) is 39.0 Å². The number of amides is 4. The lowest BCUT2D eigenvalue weighted by atomic mass is 10.0. The lowest BCUT2D eigenvalue weighted by Gasteiger charge is -2.19. The first-order valence-corrected chi connectivity index (χ1v) is 13.8. The molecule has 11 nitrogen and oxygen atoms in total. The van der Waals surface area contributed by atoms with Crippen LogP contribution in [0, 0.1) is 5.92 Å². The second-order valence-electron chi connectivity index (χ2n) is 8.12. The second kappa shape index (κ2) is 16.7. The van der Waals surface area contributed by atoms with Crippen molar-refractivity contribution in [2.24, 2.45) is 5.92 Å². The van der Waals surface area contributed by atoms with Crippen LogP contribution in [-0.4, -0.2) is 106 Å². The van der Waals surface area contributed by atoms with E-state index in [0.29, 0.717) is 5.75 Å². The van der Waals surface area contributed by atoms with E-state index < -0.39 is 34.9 Å². The molecule has 0 spiro atoms. The molecule has 3 atom stereocenters. The molecule has 0 aliphatic carbocycles. The molecular weight excluding hydrogens is 498 g/mol. The molecule has 0 bridgehead atoms.